The first-order valence-corrected chi connectivity index (χ1v) is 9.77. The molecule has 2 aromatic carbocycles. The van der Waals surface area contributed by atoms with Crippen LogP contribution in [0.4, 0.5) is 5.69 Å². The van der Waals surface area contributed by atoms with Gasteiger partial charge in [-0.25, -0.2) is 0 Å². The number of benzene rings is 2. The van der Waals surface area contributed by atoms with Crippen LogP contribution in [0.15, 0.2) is 65.3 Å². The van der Waals surface area contributed by atoms with E-state index in [1.165, 1.54) is 32.4 Å². The number of nitrogens with one attached hydrogen (secondary N) is 3. The predicted octanol–water partition coefficient (Wildman–Crippen LogP) is 4.23. The molecule has 1 saturated heterocycles. The van der Waals surface area contributed by atoms with Gasteiger partial charge in [0.1, 0.15) is 0 Å². The zero-order chi connectivity index (χ0) is 19.9. The lowest BCUT2D eigenvalue weighted by atomic mass is 10.1. The Kier molecular flexibility index (Phi) is 5.97. The molecule has 3 N–H and O–H groups in total. The maximum atomic E-state index is 12.2. The van der Waals surface area contributed by atoms with Gasteiger partial charge in [0.25, 0.3) is 5.91 Å². The molecule has 7 nitrogen and oxygen atoms in total. The van der Waals surface area contributed by atoms with Crippen molar-refractivity contribution in [2.75, 3.05) is 18.4 Å². The van der Waals surface area contributed by atoms with Crippen molar-refractivity contribution in [2.24, 2.45) is 0 Å². The summed E-state index contributed by atoms with van der Waals surface area (Å²) in [5.74, 6) is 0.224. The number of rotatable bonds is 3. The molecule has 0 radical (unpaired) electrons. The van der Waals surface area contributed by atoms with E-state index in [-0.39, 0.29) is 11.6 Å². The summed E-state index contributed by atoms with van der Waals surface area (Å²) in [4.78, 5) is 12.2. The molecule has 0 spiro atoms. The molecule has 7 heteroatoms. The number of fused-ring (bicyclic) bond motifs is 1. The third kappa shape index (κ3) is 4.89. The molecule has 0 atom stereocenters. The number of hydrogen-bond acceptors (Lipinski definition) is 5. The van der Waals surface area contributed by atoms with Gasteiger partial charge in [-0.15, -0.1) is 0 Å². The van der Waals surface area contributed by atoms with Crippen molar-refractivity contribution < 1.29 is 9.32 Å². The summed E-state index contributed by atoms with van der Waals surface area (Å²) in [5, 5.41) is 17.7. The highest BCUT2D eigenvalue weighted by atomic mass is 16.5. The number of amides is 1. The Hall–Kier alpha value is -3.45. The van der Waals surface area contributed by atoms with Crippen LogP contribution < -0.4 is 10.6 Å². The first kappa shape index (κ1) is 18.9. The molecule has 1 aliphatic heterocycles. The van der Waals surface area contributed by atoms with Gasteiger partial charge < -0.3 is 15.2 Å². The topological polar surface area (TPSA) is 95.8 Å². The fraction of sp³-hybridized carbons (Fsp3) is 0.227. The third-order valence-electron chi connectivity index (χ3n) is 4.71. The molecule has 148 valence electrons. The Bertz CT molecular complexity index is 1060. The summed E-state index contributed by atoms with van der Waals surface area (Å²) in [6.45, 7) is 2.50. The fourth-order valence-corrected chi connectivity index (χ4v) is 3.13. The van der Waals surface area contributed by atoms with E-state index in [0.29, 0.717) is 11.4 Å². The largest absolute Gasteiger partial charge is 0.355 e. The molecule has 1 amide bonds. The molecule has 0 bridgehead atoms. The van der Waals surface area contributed by atoms with Gasteiger partial charge in [-0.05, 0) is 56.3 Å². The van der Waals surface area contributed by atoms with Crippen molar-refractivity contribution in [3.8, 4) is 11.3 Å². The van der Waals surface area contributed by atoms with E-state index in [1.54, 1.807) is 12.3 Å². The Morgan fingerprint density at radius 3 is 2.55 bits per heavy atom. The van der Waals surface area contributed by atoms with Crippen molar-refractivity contribution in [2.45, 2.75) is 19.3 Å². The third-order valence-corrected chi connectivity index (χ3v) is 4.71. The number of piperidine rings is 1. The number of carbonyl (C=O) groups is 1. The molecule has 5 rings (SSSR count). The number of anilines is 1. The smallest absolute Gasteiger partial charge is 0.277 e. The second kappa shape index (κ2) is 9.16. The monoisotopic (exact) mass is 389 g/mol. The average Bonchev–Trinajstić information content (AvgIpc) is 3.45. The van der Waals surface area contributed by atoms with Gasteiger partial charge in [-0.3, -0.25) is 9.89 Å². The molecule has 2 aromatic heterocycles. The Morgan fingerprint density at radius 2 is 1.83 bits per heavy atom. The summed E-state index contributed by atoms with van der Waals surface area (Å²) in [7, 11) is 0. The Morgan fingerprint density at radius 1 is 1.00 bits per heavy atom. The Balaban J connectivity index is 0.000000294. The maximum absolute atomic E-state index is 12.2. The van der Waals surface area contributed by atoms with Crippen LogP contribution in [-0.2, 0) is 0 Å². The van der Waals surface area contributed by atoms with Gasteiger partial charge in [0.05, 0.1) is 11.7 Å². The van der Waals surface area contributed by atoms with Gasteiger partial charge >= 0.3 is 0 Å². The van der Waals surface area contributed by atoms with Crippen LogP contribution in [0.25, 0.3) is 22.2 Å². The quantitative estimate of drug-likeness (QED) is 0.487. The number of hydrogen-bond donors (Lipinski definition) is 3. The summed E-state index contributed by atoms with van der Waals surface area (Å²) in [6.07, 6.45) is 5.95. The van der Waals surface area contributed by atoms with E-state index in [0.717, 1.165) is 16.5 Å². The van der Waals surface area contributed by atoms with Gasteiger partial charge in [-0.1, -0.05) is 29.8 Å². The highest BCUT2D eigenvalue weighted by Crippen LogP contribution is 2.24. The second-order valence-corrected chi connectivity index (χ2v) is 6.88. The van der Waals surface area contributed by atoms with Crippen LogP contribution in [0, 0.1) is 0 Å². The fourth-order valence-electron chi connectivity index (χ4n) is 3.13. The zero-order valence-corrected chi connectivity index (χ0v) is 16.0. The van der Waals surface area contributed by atoms with E-state index in [1.807, 2.05) is 48.5 Å². The maximum Gasteiger partial charge on any atom is 0.277 e. The molecular weight excluding hydrogens is 366 g/mol. The predicted molar refractivity (Wildman–Crippen MR) is 113 cm³/mol. The van der Waals surface area contributed by atoms with Crippen LogP contribution in [0.5, 0.6) is 0 Å². The van der Waals surface area contributed by atoms with Gasteiger partial charge in [0, 0.05) is 22.7 Å². The van der Waals surface area contributed by atoms with E-state index in [9.17, 15) is 4.79 Å². The molecule has 1 aliphatic rings. The summed E-state index contributed by atoms with van der Waals surface area (Å²) in [6, 6.07) is 16.6. The van der Waals surface area contributed by atoms with Crippen LogP contribution >= 0.6 is 0 Å². The van der Waals surface area contributed by atoms with Gasteiger partial charge in [0.15, 0.2) is 11.5 Å². The number of H-pyrrole nitrogens is 1. The molecular formula is C22H23N5O2. The second-order valence-electron chi connectivity index (χ2n) is 6.88. The van der Waals surface area contributed by atoms with E-state index in [2.05, 4.69) is 26.0 Å². The highest BCUT2D eigenvalue weighted by molar-refractivity contribution is 6.03. The number of para-hydroxylation sites is 1. The molecule has 0 unspecified atom stereocenters. The van der Waals surface area contributed by atoms with E-state index in [4.69, 9.17) is 4.52 Å². The first-order valence-electron chi connectivity index (χ1n) is 9.77. The first-order chi connectivity index (χ1) is 14.3. The Labute approximate surface area is 168 Å². The molecule has 0 saturated carbocycles. The standard InChI is InChI=1S/C17H12N4O2.C5H11N/c22-17(19-13-4-2-1-3-5-13)15-9-16(23-21-15)11-6-7-14-12(8-11)10-18-20-14;1-2-4-6-5-3-1/h1-10H,(H,18,20)(H,19,22);6H,1-5H2. The van der Waals surface area contributed by atoms with Crippen LogP contribution in [0.2, 0.25) is 0 Å². The number of nitrogens with zero attached hydrogens (tertiary/aromatic N) is 2. The molecule has 0 aliphatic carbocycles. The van der Waals surface area contributed by atoms with Crippen molar-refractivity contribution in [1.82, 2.24) is 20.7 Å². The summed E-state index contributed by atoms with van der Waals surface area (Å²) in [5.41, 5.74) is 2.72. The zero-order valence-electron chi connectivity index (χ0n) is 16.0. The lowest BCUT2D eigenvalue weighted by Crippen LogP contribution is -2.21. The van der Waals surface area contributed by atoms with Crippen LogP contribution in [-0.4, -0.2) is 34.4 Å². The summed E-state index contributed by atoms with van der Waals surface area (Å²) < 4.78 is 5.29. The van der Waals surface area contributed by atoms with Crippen molar-refractivity contribution in [1.29, 1.82) is 0 Å². The average molecular weight is 389 g/mol. The number of aromatic nitrogens is 3. The summed E-state index contributed by atoms with van der Waals surface area (Å²) >= 11 is 0. The van der Waals surface area contributed by atoms with Crippen LogP contribution in [0.3, 0.4) is 0 Å². The highest BCUT2D eigenvalue weighted by Gasteiger charge is 2.14. The number of carbonyl (C=O) groups excluding carboxylic acids is 1. The minimum atomic E-state index is -0.310. The van der Waals surface area contributed by atoms with Crippen molar-refractivity contribution in [3.05, 3.63) is 66.5 Å². The lowest BCUT2D eigenvalue weighted by molar-refractivity contribution is 0.101. The molecule has 29 heavy (non-hydrogen) atoms. The van der Waals surface area contributed by atoms with Crippen LogP contribution in [0.1, 0.15) is 29.8 Å². The van der Waals surface area contributed by atoms with E-state index >= 15 is 0 Å². The van der Waals surface area contributed by atoms with Gasteiger partial charge in [0.2, 0.25) is 0 Å². The minimum Gasteiger partial charge on any atom is -0.355 e. The molecule has 3 heterocycles. The number of aromatic amines is 1. The SMILES string of the molecule is C1CCNCC1.O=C(Nc1ccccc1)c1cc(-c2ccc3[nH]ncc3c2)on1. The molecule has 1 fully saturated rings. The van der Waals surface area contributed by atoms with Crippen molar-refractivity contribution >= 4 is 22.5 Å². The minimum absolute atomic E-state index is 0.233. The normalized spacial score (nSPS) is 13.5. The molecule has 4 aromatic rings. The van der Waals surface area contributed by atoms with Gasteiger partial charge in [-0.2, -0.15) is 5.10 Å². The lowest BCUT2D eigenvalue weighted by Gasteiger charge is -2.08. The van der Waals surface area contributed by atoms with E-state index < -0.39 is 0 Å². The van der Waals surface area contributed by atoms with Crippen molar-refractivity contribution in [3.63, 3.8) is 0 Å².